The van der Waals surface area contributed by atoms with Gasteiger partial charge in [-0.25, -0.2) is 4.57 Å². The molecule has 0 radical (unpaired) electrons. The molecule has 10 heteroatoms. The smallest absolute Gasteiger partial charge is 0.463 e. The van der Waals surface area contributed by atoms with Crippen LogP contribution < -0.4 is 5.32 Å². The fourth-order valence-corrected chi connectivity index (χ4v) is 6.25. The van der Waals surface area contributed by atoms with E-state index in [1.165, 1.54) is 44.9 Å². The first kappa shape index (κ1) is 54.2. The maximum Gasteiger partial charge on any atom is 0.472 e. The lowest BCUT2D eigenvalue weighted by molar-refractivity contribution is -0.147. The minimum Gasteiger partial charge on any atom is -0.463 e. The maximum atomic E-state index is 12.1. The molecule has 0 rings (SSSR count). The van der Waals surface area contributed by atoms with Crippen LogP contribution in [-0.4, -0.2) is 54.3 Å². The molecule has 9 nitrogen and oxygen atoms in total. The van der Waals surface area contributed by atoms with Crippen molar-refractivity contribution in [2.75, 3.05) is 26.4 Å². The Morgan fingerprint density at radius 3 is 1.53 bits per heavy atom. The predicted octanol–water partition coefficient (Wildman–Crippen LogP) is 12.4. The third-order valence-electron chi connectivity index (χ3n) is 8.81. The van der Waals surface area contributed by atoms with Crippen molar-refractivity contribution in [1.82, 2.24) is 5.32 Å². The van der Waals surface area contributed by atoms with Crippen molar-refractivity contribution in [2.45, 2.75) is 174 Å². The van der Waals surface area contributed by atoms with Crippen LogP contribution in [0.15, 0.2) is 85.1 Å². The maximum absolute atomic E-state index is 12.1. The van der Waals surface area contributed by atoms with Crippen LogP contribution in [0.5, 0.6) is 0 Å². The molecule has 0 saturated heterocycles. The second-order valence-corrected chi connectivity index (χ2v) is 15.7. The number of amides is 1. The summed E-state index contributed by atoms with van der Waals surface area (Å²) in [7, 11) is -4.43. The Morgan fingerprint density at radius 1 is 0.561 bits per heavy atom. The number of unbranched alkanes of at least 4 members (excludes halogenated alkanes) is 13. The number of esters is 1. The van der Waals surface area contributed by atoms with E-state index in [-0.39, 0.29) is 32.1 Å². The molecule has 0 aromatic rings. The third kappa shape index (κ3) is 44.1. The molecule has 0 fully saturated rings. The van der Waals surface area contributed by atoms with Crippen molar-refractivity contribution in [3.8, 4) is 0 Å². The zero-order valence-corrected chi connectivity index (χ0v) is 36.6. The molecule has 2 atom stereocenters. The molecule has 0 aromatic carbocycles. The third-order valence-corrected chi connectivity index (χ3v) is 9.79. The van der Waals surface area contributed by atoms with E-state index in [4.69, 9.17) is 13.8 Å². The minimum absolute atomic E-state index is 0.0577. The molecular weight excluding hydrogens is 737 g/mol. The molecule has 0 aliphatic carbocycles. The van der Waals surface area contributed by atoms with Crippen LogP contribution in [0.3, 0.4) is 0 Å². The van der Waals surface area contributed by atoms with Gasteiger partial charge in [0, 0.05) is 19.4 Å². The van der Waals surface area contributed by atoms with E-state index >= 15 is 0 Å². The number of ether oxygens (including phenoxy) is 1. The first-order chi connectivity index (χ1) is 27.8. The average Bonchev–Trinajstić information content (AvgIpc) is 3.20. The number of allylic oxidation sites excluding steroid dienone is 14. The molecule has 3 N–H and O–H groups in total. The summed E-state index contributed by atoms with van der Waals surface area (Å²) in [5, 5.41) is 12.7. The molecule has 0 bridgehead atoms. The summed E-state index contributed by atoms with van der Waals surface area (Å²) >= 11 is 0. The van der Waals surface area contributed by atoms with E-state index in [9.17, 15) is 24.2 Å². The van der Waals surface area contributed by atoms with Crippen molar-refractivity contribution in [2.24, 2.45) is 0 Å². The van der Waals surface area contributed by atoms with Gasteiger partial charge in [0.05, 0.1) is 13.2 Å². The van der Waals surface area contributed by atoms with Gasteiger partial charge >= 0.3 is 13.8 Å². The van der Waals surface area contributed by atoms with E-state index < -0.39 is 26.5 Å². The van der Waals surface area contributed by atoms with Crippen molar-refractivity contribution in [3.63, 3.8) is 0 Å². The van der Waals surface area contributed by atoms with Gasteiger partial charge in [0.2, 0.25) is 5.91 Å². The number of hydrogen-bond donors (Lipinski definition) is 3. The quantitative estimate of drug-likeness (QED) is 0.0241. The lowest BCUT2D eigenvalue weighted by atomic mass is 10.1. The minimum atomic E-state index is -4.43. The monoisotopic (exact) mass is 818 g/mol. The van der Waals surface area contributed by atoms with E-state index in [2.05, 4.69) is 104 Å². The highest BCUT2D eigenvalue weighted by Crippen LogP contribution is 2.42. The number of hydrogen-bond acceptors (Lipinski definition) is 7. The zero-order valence-electron chi connectivity index (χ0n) is 35.8. The Hall–Kier alpha value is -2.81. The molecule has 2 unspecified atom stereocenters. The summed E-state index contributed by atoms with van der Waals surface area (Å²) in [6.45, 7) is 3.35. The lowest BCUT2D eigenvalue weighted by Gasteiger charge is -2.15. The molecule has 0 aliphatic heterocycles. The second-order valence-electron chi connectivity index (χ2n) is 14.3. The summed E-state index contributed by atoms with van der Waals surface area (Å²) < 4.78 is 26.9. The number of aliphatic hydroxyl groups excluding tert-OH is 1. The highest BCUT2D eigenvalue weighted by atomic mass is 31.2. The number of nitrogens with one attached hydrogen (secondary N) is 1. The summed E-state index contributed by atoms with van der Waals surface area (Å²) in [6.07, 6.45) is 53.6. The number of phosphoric ester groups is 1. The Labute approximate surface area is 347 Å². The van der Waals surface area contributed by atoms with Crippen molar-refractivity contribution in [1.29, 1.82) is 0 Å². The molecule has 0 saturated carbocycles. The number of aliphatic hydroxyl groups is 1. The van der Waals surface area contributed by atoms with Crippen LogP contribution in [0.4, 0.5) is 0 Å². The summed E-state index contributed by atoms with van der Waals surface area (Å²) in [5.74, 6) is -0.563. The van der Waals surface area contributed by atoms with E-state index in [0.717, 1.165) is 96.3 Å². The Morgan fingerprint density at radius 2 is 1.00 bits per heavy atom. The van der Waals surface area contributed by atoms with Gasteiger partial charge in [0.15, 0.2) is 0 Å². The molecule has 0 aromatic heterocycles. The van der Waals surface area contributed by atoms with Crippen LogP contribution in [0.1, 0.15) is 168 Å². The molecule has 0 spiro atoms. The van der Waals surface area contributed by atoms with Crippen LogP contribution in [-0.2, 0) is 27.9 Å². The standard InChI is InChI=1S/C47H80NO8P/c1-3-5-7-9-11-13-15-17-19-21-22-24-25-27-29-31-33-35-37-39-46(50)48-41-42-55-57(52,53)56-44-45(49)43-54-47(51)40-38-36-34-32-30-28-26-23-20-18-16-14-12-10-8-6-4-2/h5,7,11-14,17-20,22,24,27,29,45,49H,3-4,6,8-10,15-16,21,23,25-26,28,30-44H2,1-2H3,(H,48,50)(H,52,53)/b7-5-,13-11-,14-12-,19-17-,20-18-,24-22-,29-27-. The van der Waals surface area contributed by atoms with Crippen LogP contribution in [0.2, 0.25) is 0 Å². The first-order valence-electron chi connectivity index (χ1n) is 22.1. The number of phosphoric acid groups is 1. The molecule has 57 heavy (non-hydrogen) atoms. The molecule has 1 amide bonds. The fourth-order valence-electron chi connectivity index (χ4n) is 5.49. The molecule has 326 valence electrons. The molecule has 0 heterocycles. The highest BCUT2D eigenvalue weighted by Gasteiger charge is 2.23. The van der Waals surface area contributed by atoms with Crippen molar-refractivity contribution < 1.29 is 37.9 Å². The van der Waals surface area contributed by atoms with Gasteiger partial charge in [0.25, 0.3) is 0 Å². The van der Waals surface area contributed by atoms with Gasteiger partial charge in [-0.3, -0.25) is 18.6 Å². The topological polar surface area (TPSA) is 131 Å². The average molecular weight is 818 g/mol. The largest absolute Gasteiger partial charge is 0.472 e. The predicted molar refractivity (Wildman–Crippen MR) is 238 cm³/mol. The summed E-state index contributed by atoms with van der Waals surface area (Å²) in [5.41, 5.74) is 0. The van der Waals surface area contributed by atoms with Gasteiger partial charge < -0.3 is 20.1 Å². The van der Waals surface area contributed by atoms with Crippen LogP contribution >= 0.6 is 7.82 Å². The normalized spacial score (nSPS) is 14.1. The summed E-state index contributed by atoms with van der Waals surface area (Å²) in [4.78, 5) is 33.9. The lowest BCUT2D eigenvalue weighted by Crippen LogP contribution is -2.27. The second kappa shape index (κ2) is 42.8. The van der Waals surface area contributed by atoms with Crippen molar-refractivity contribution >= 4 is 19.7 Å². The zero-order chi connectivity index (χ0) is 41.8. The number of carbonyl (C=O) groups excluding carboxylic acids is 2. The van der Waals surface area contributed by atoms with Gasteiger partial charge in [-0.1, -0.05) is 150 Å². The SMILES string of the molecule is CC/C=C\C/C=C\C/C=C\C/C=C\C/C=C\CCCCCC(=O)NCCOP(=O)(O)OCC(O)COC(=O)CCCCCCCCC/C=C\C/C=C\CCCCC. The van der Waals surface area contributed by atoms with Gasteiger partial charge in [-0.2, -0.15) is 0 Å². The Balaban J connectivity index is 3.69. The summed E-state index contributed by atoms with van der Waals surface area (Å²) in [6, 6.07) is 0. The highest BCUT2D eigenvalue weighted by molar-refractivity contribution is 7.47. The van der Waals surface area contributed by atoms with Gasteiger partial charge in [-0.05, 0) is 89.9 Å². The molecule has 0 aliphatic rings. The van der Waals surface area contributed by atoms with E-state index in [1.807, 2.05) is 0 Å². The van der Waals surface area contributed by atoms with Crippen molar-refractivity contribution in [3.05, 3.63) is 85.1 Å². The van der Waals surface area contributed by atoms with E-state index in [0.29, 0.717) is 6.42 Å². The fraction of sp³-hybridized carbons (Fsp3) is 0.660. The van der Waals surface area contributed by atoms with Crippen LogP contribution in [0, 0.1) is 0 Å². The van der Waals surface area contributed by atoms with Gasteiger partial charge in [-0.15, -0.1) is 0 Å². The number of carbonyl (C=O) groups is 2. The Kier molecular flexibility index (Phi) is 40.7. The van der Waals surface area contributed by atoms with E-state index in [1.54, 1.807) is 0 Å². The molecular formula is C47H80NO8P. The van der Waals surface area contributed by atoms with Gasteiger partial charge in [0.1, 0.15) is 12.7 Å². The number of rotatable bonds is 40. The first-order valence-corrected chi connectivity index (χ1v) is 23.6. The van der Waals surface area contributed by atoms with Crippen LogP contribution in [0.25, 0.3) is 0 Å². The Bertz CT molecular complexity index is 1210.